The number of hydrogen-bond donors (Lipinski definition) is 1. The van der Waals surface area contributed by atoms with Crippen molar-refractivity contribution in [1.29, 1.82) is 0 Å². The molecule has 12 heavy (non-hydrogen) atoms. The second-order valence-electron chi connectivity index (χ2n) is 3.33. The number of rotatable bonds is 0. The van der Waals surface area contributed by atoms with Crippen molar-refractivity contribution in [3.05, 3.63) is 12.2 Å². The van der Waals surface area contributed by atoms with Crippen molar-refractivity contribution in [2.45, 2.75) is 37.8 Å². The number of fused-ring (bicyclic) bond motifs is 1. The Labute approximate surface area is 71.8 Å². The minimum Gasteiger partial charge on any atom is -0.444 e. The summed E-state index contributed by atoms with van der Waals surface area (Å²) in [6.45, 7) is 0. The largest absolute Gasteiger partial charge is 0.444 e. The Kier molecular flexibility index (Phi) is 2.02. The molecule has 0 aromatic heterocycles. The number of nitrogens with one attached hydrogen (secondary N) is 1. The lowest BCUT2D eigenvalue weighted by Gasteiger charge is -2.15. The van der Waals surface area contributed by atoms with E-state index in [1.165, 1.54) is 6.42 Å². The van der Waals surface area contributed by atoms with Gasteiger partial charge in [-0.15, -0.1) is 0 Å². The van der Waals surface area contributed by atoms with Gasteiger partial charge in [0, 0.05) is 0 Å². The molecule has 1 aliphatic heterocycles. The standard InChI is InChI=1S/C9H13NO2/c11-9-10-7-5-3-1-2-4-6-8(7)12-9/h3,5,7-8H,1-2,4,6H2,(H,10,11)/b5-3-. The predicted octanol–water partition coefficient (Wildman–Crippen LogP) is 1.59. The fraction of sp³-hybridized carbons (Fsp3) is 0.667. The van der Waals surface area contributed by atoms with Gasteiger partial charge in [-0.1, -0.05) is 12.2 Å². The molecule has 0 aromatic carbocycles. The van der Waals surface area contributed by atoms with E-state index in [2.05, 4.69) is 17.5 Å². The number of allylic oxidation sites excluding steroid dienone is 1. The molecule has 1 heterocycles. The number of ether oxygens (including phenoxy) is 1. The molecule has 1 amide bonds. The fourth-order valence-electron chi connectivity index (χ4n) is 1.73. The highest BCUT2D eigenvalue weighted by Crippen LogP contribution is 2.19. The van der Waals surface area contributed by atoms with E-state index in [-0.39, 0.29) is 18.2 Å². The minimum atomic E-state index is -0.267. The average Bonchev–Trinajstić information content (AvgIpc) is 2.32. The van der Waals surface area contributed by atoms with Crippen LogP contribution in [-0.2, 0) is 4.74 Å². The lowest BCUT2D eigenvalue weighted by Crippen LogP contribution is -2.29. The Balaban J connectivity index is 2.07. The number of carbonyl (C=O) groups is 1. The molecule has 2 aliphatic rings. The van der Waals surface area contributed by atoms with E-state index in [9.17, 15) is 4.79 Å². The van der Waals surface area contributed by atoms with Gasteiger partial charge in [-0.25, -0.2) is 4.79 Å². The van der Waals surface area contributed by atoms with Crippen molar-refractivity contribution in [3.63, 3.8) is 0 Å². The molecule has 3 heteroatoms. The molecule has 0 bridgehead atoms. The summed E-state index contributed by atoms with van der Waals surface area (Å²) in [5.41, 5.74) is 0. The highest BCUT2D eigenvalue weighted by Gasteiger charge is 2.31. The maximum atomic E-state index is 10.9. The van der Waals surface area contributed by atoms with Crippen LogP contribution in [0.4, 0.5) is 4.79 Å². The highest BCUT2D eigenvalue weighted by molar-refractivity contribution is 5.70. The lowest BCUT2D eigenvalue weighted by molar-refractivity contribution is 0.128. The van der Waals surface area contributed by atoms with Crippen LogP contribution in [0.3, 0.4) is 0 Å². The van der Waals surface area contributed by atoms with Gasteiger partial charge in [0.15, 0.2) is 0 Å². The molecule has 1 saturated heterocycles. The minimum absolute atomic E-state index is 0.0778. The zero-order chi connectivity index (χ0) is 8.39. The summed E-state index contributed by atoms with van der Waals surface area (Å²) >= 11 is 0. The zero-order valence-corrected chi connectivity index (χ0v) is 6.95. The summed E-state index contributed by atoms with van der Waals surface area (Å²) in [5, 5.41) is 2.78. The van der Waals surface area contributed by atoms with Crippen LogP contribution in [0, 0.1) is 0 Å². The number of carbonyl (C=O) groups excluding carboxylic acids is 1. The first-order valence-corrected chi connectivity index (χ1v) is 4.50. The van der Waals surface area contributed by atoms with Gasteiger partial charge in [0.05, 0.1) is 6.04 Å². The Morgan fingerprint density at radius 3 is 3.33 bits per heavy atom. The molecule has 1 aliphatic carbocycles. The van der Waals surface area contributed by atoms with Crippen LogP contribution in [0.1, 0.15) is 25.7 Å². The molecular formula is C9H13NO2. The van der Waals surface area contributed by atoms with Gasteiger partial charge in [0.2, 0.25) is 0 Å². The van der Waals surface area contributed by atoms with E-state index < -0.39 is 0 Å². The second kappa shape index (κ2) is 3.17. The molecular weight excluding hydrogens is 154 g/mol. The van der Waals surface area contributed by atoms with Crippen LogP contribution in [-0.4, -0.2) is 18.2 Å². The summed E-state index contributed by atoms with van der Waals surface area (Å²) in [5.74, 6) is 0. The first-order chi connectivity index (χ1) is 5.86. The van der Waals surface area contributed by atoms with Gasteiger partial charge < -0.3 is 10.1 Å². The Bertz CT molecular complexity index is 213. The van der Waals surface area contributed by atoms with Gasteiger partial charge in [0.25, 0.3) is 0 Å². The van der Waals surface area contributed by atoms with Crippen LogP contribution >= 0.6 is 0 Å². The molecule has 0 radical (unpaired) electrons. The fourth-order valence-corrected chi connectivity index (χ4v) is 1.73. The predicted molar refractivity (Wildman–Crippen MR) is 44.8 cm³/mol. The molecule has 0 saturated carbocycles. The summed E-state index contributed by atoms with van der Waals surface area (Å²) in [4.78, 5) is 10.9. The van der Waals surface area contributed by atoms with Gasteiger partial charge in [-0.2, -0.15) is 0 Å². The normalized spacial score (nSPS) is 37.2. The van der Waals surface area contributed by atoms with Crippen LogP contribution in [0.15, 0.2) is 12.2 Å². The Hall–Kier alpha value is -0.990. The quantitative estimate of drug-likeness (QED) is 0.556. The van der Waals surface area contributed by atoms with Crippen molar-refractivity contribution < 1.29 is 9.53 Å². The van der Waals surface area contributed by atoms with E-state index in [1.54, 1.807) is 0 Å². The summed E-state index contributed by atoms with van der Waals surface area (Å²) < 4.78 is 5.10. The van der Waals surface area contributed by atoms with Crippen LogP contribution in [0.2, 0.25) is 0 Å². The SMILES string of the molecule is O=C1NC2/C=C\CCCCC2O1. The molecule has 2 rings (SSSR count). The van der Waals surface area contributed by atoms with E-state index in [4.69, 9.17) is 4.74 Å². The maximum absolute atomic E-state index is 10.9. The van der Waals surface area contributed by atoms with Crippen molar-refractivity contribution >= 4 is 6.09 Å². The van der Waals surface area contributed by atoms with Crippen molar-refractivity contribution in [3.8, 4) is 0 Å². The van der Waals surface area contributed by atoms with Gasteiger partial charge in [-0.05, 0) is 25.7 Å². The van der Waals surface area contributed by atoms with Crippen molar-refractivity contribution in [2.24, 2.45) is 0 Å². The third kappa shape index (κ3) is 1.44. The van der Waals surface area contributed by atoms with Gasteiger partial charge >= 0.3 is 6.09 Å². The molecule has 66 valence electrons. The molecule has 2 atom stereocenters. The first-order valence-electron chi connectivity index (χ1n) is 4.50. The second-order valence-corrected chi connectivity index (χ2v) is 3.33. The summed E-state index contributed by atoms with van der Waals surface area (Å²) in [7, 11) is 0. The third-order valence-corrected chi connectivity index (χ3v) is 2.40. The third-order valence-electron chi connectivity index (χ3n) is 2.40. The molecule has 1 N–H and O–H groups in total. The Morgan fingerprint density at radius 1 is 1.50 bits per heavy atom. The van der Waals surface area contributed by atoms with Gasteiger partial charge in [-0.3, -0.25) is 0 Å². The maximum Gasteiger partial charge on any atom is 0.408 e. The lowest BCUT2D eigenvalue weighted by atomic mass is 10.0. The molecule has 1 fully saturated rings. The molecule has 2 unspecified atom stereocenters. The van der Waals surface area contributed by atoms with E-state index in [0.717, 1.165) is 19.3 Å². The molecule has 3 nitrogen and oxygen atoms in total. The average molecular weight is 167 g/mol. The van der Waals surface area contributed by atoms with E-state index in [0.29, 0.717) is 0 Å². The number of hydrogen-bond acceptors (Lipinski definition) is 2. The van der Waals surface area contributed by atoms with Crippen molar-refractivity contribution in [2.75, 3.05) is 0 Å². The van der Waals surface area contributed by atoms with Crippen molar-refractivity contribution in [1.82, 2.24) is 5.32 Å². The highest BCUT2D eigenvalue weighted by atomic mass is 16.6. The monoisotopic (exact) mass is 167 g/mol. The number of alkyl carbamates (subject to hydrolysis) is 1. The van der Waals surface area contributed by atoms with Gasteiger partial charge in [0.1, 0.15) is 6.10 Å². The summed E-state index contributed by atoms with van der Waals surface area (Å²) in [6.07, 6.45) is 8.47. The Morgan fingerprint density at radius 2 is 2.42 bits per heavy atom. The first kappa shape index (κ1) is 7.65. The summed E-state index contributed by atoms with van der Waals surface area (Å²) in [6, 6.07) is 0.123. The van der Waals surface area contributed by atoms with Crippen LogP contribution in [0.5, 0.6) is 0 Å². The van der Waals surface area contributed by atoms with E-state index >= 15 is 0 Å². The van der Waals surface area contributed by atoms with E-state index in [1.807, 2.05) is 0 Å². The smallest absolute Gasteiger partial charge is 0.408 e. The molecule has 0 spiro atoms. The topological polar surface area (TPSA) is 38.3 Å². The van der Waals surface area contributed by atoms with Crippen LogP contribution < -0.4 is 5.32 Å². The number of amides is 1. The zero-order valence-electron chi connectivity index (χ0n) is 6.95. The van der Waals surface area contributed by atoms with Crippen LogP contribution in [0.25, 0.3) is 0 Å². The molecule has 0 aromatic rings.